The smallest absolute Gasteiger partial charge is 0.211 e. The van der Waals surface area contributed by atoms with Gasteiger partial charge in [0.2, 0.25) is 10.0 Å². The Balaban J connectivity index is 2.66. The number of thiophene rings is 1. The molecule has 15 heavy (non-hydrogen) atoms. The van der Waals surface area contributed by atoms with Gasteiger partial charge in [0.25, 0.3) is 0 Å². The molecule has 0 bridgehead atoms. The number of hydrogen-bond donors (Lipinski definition) is 2. The summed E-state index contributed by atoms with van der Waals surface area (Å²) in [4.78, 5) is 0.751. The molecule has 0 unspecified atom stereocenters. The molecule has 0 amide bonds. The number of sulfonamides is 1. The fraction of sp³-hybridized carbons (Fsp3) is 0.556. The van der Waals surface area contributed by atoms with Gasteiger partial charge in [0.15, 0.2) is 0 Å². The maximum absolute atomic E-state index is 11.2. The highest BCUT2D eigenvalue weighted by molar-refractivity contribution is 7.89. The molecule has 1 atom stereocenters. The Kier molecular flexibility index (Phi) is 3.88. The van der Waals surface area contributed by atoms with Crippen LogP contribution in [0.25, 0.3) is 0 Å². The molecule has 0 radical (unpaired) electrons. The molecule has 0 saturated carbocycles. The molecular formula is C9H15NO3S2. The average Bonchev–Trinajstić information content (AvgIpc) is 2.69. The quantitative estimate of drug-likeness (QED) is 0.814. The van der Waals surface area contributed by atoms with Crippen molar-refractivity contribution in [3.8, 4) is 0 Å². The van der Waals surface area contributed by atoms with E-state index in [0.717, 1.165) is 4.88 Å². The summed E-state index contributed by atoms with van der Waals surface area (Å²) < 4.78 is 24.8. The van der Waals surface area contributed by atoms with Gasteiger partial charge in [0.05, 0.1) is 5.75 Å². The normalized spacial score (nSPS) is 16.2. The lowest BCUT2D eigenvalue weighted by atomic mass is 10.1. The van der Waals surface area contributed by atoms with Crippen LogP contribution in [0.15, 0.2) is 17.5 Å². The van der Waals surface area contributed by atoms with E-state index in [0.29, 0.717) is 0 Å². The van der Waals surface area contributed by atoms with Crippen molar-refractivity contribution in [3.63, 3.8) is 0 Å². The van der Waals surface area contributed by atoms with Crippen LogP contribution in [0.1, 0.15) is 18.7 Å². The minimum atomic E-state index is -3.25. The van der Waals surface area contributed by atoms with Gasteiger partial charge < -0.3 is 5.11 Å². The molecular weight excluding hydrogens is 234 g/mol. The van der Waals surface area contributed by atoms with Crippen molar-refractivity contribution in [2.75, 3.05) is 12.3 Å². The summed E-state index contributed by atoms with van der Waals surface area (Å²) in [6.45, 7) is 3.16. The van der Waals surface area contributed by atoms with Gasteiger partial charge in [-0.15, -0.1) is 11.3 Å². The Morgan fingerprint density at radius 3 is 2.73 bits per heavy atom. The van der Waals surface area contributed by atoms with Crippen molar-refractivity contribution in [3.05, 3.63) is 22.4 Å². The summed E-state index contributed by atoms with van der Waals surface area (Å²) >= 11 is 1.40. The highest BCUT2D eigenvalue weighted by atomic mass is 32.2. The fourth-order valence-corrected chi connectivity index (χ4v) is 2.52. The Morgan fingerprint density at radius 1 is 1.60 bits per heavy atom. The van der Waals surface area contributed by atoms with E-state index in [1.54, 1.807) is 19.9 Å². The first-order valence-electron chi connectivity index (χ1n) is 4.61. The molecule has 2 N–H and O–H groups in total. The van der Waals surface area contributed by atoms with E-state index in [1.165, 1.54) is 11.3 Å². The van der Waals surface area contributed by atoms with Gasteiger partial charge in [-0.25, -0.2) is 13.1 Å². The largest absolute Gasteiger partial charge is 0.383 e. The summed E-state index contributed by atoms with van der Waals surface area (Å²) in [7, 11) is -3.25. The molecule has 0 fully saturated rings. The van der Waals surface area contributed by atoms with Gasteiger partial charge >= 0.3 is 0 Å². The molecule has 0 spiro atoms. The van der Waals surface area contributed by atoms with Crippen molar-refractivity contribution in [1.82, 2.24) is 4.72 Å². The van der Waals surface area contributed by atoms with E-state index >= 15 is 0 Å². The lowest BCUT2D eigenvalue weighted by Crippen LogP contribution is -2.38. The zero-order valence-corrected chi connectivity index (χ0v) is 10.4. The summed E-state index contributed by atoms with van der Waals surface area (Å²) in [5.74, 6) is 0.0213. The van der Waals surface area contributed by atoms with E-state index < -0.39 is 15.6 Å². The van der Waals surface area contributed by atoms with Gasteiger partial charge in [-0.1, -0.05) is 6.07 Å². The van der Waals surface area contributed by atoms with E-state index in [-0.39, 0.29) is 12.3 Å². The molecule has 86 valence electrons. The first-order valence-corrected chi connectivity index (χ1v) is 7.14. The topological polar surface area (TPSA) is 66.4 Å². The highest BCUT2D eigenvalue weighted by Crippen LogP contribution is 2.24. The van der Waals surface area contributed by atoms with Crippen LogP contribution in [-0.4, -0.2) is 25.8 Å². The Morgan fingerprint density at radius 2 is 2.27 bits per heavy atom. The molecule has 0 saturated heterocycles. The van der Waals surface area contributed by atoms with Crippen molar-refractivity contribution in [2.24, 2.45) is 0 Å². The van der Waals surface area contributed by atoms with Crippen LogP contribution in [-0.2, 0) is 15.6 Å². The fourth-order valence-electron chi connectivity index (χ4n) is 1.02. The maximum Gasteiger partial charge on any atom is 0.211 e. The van der Waals surface area contributed by atoms with Gasteiger partial charge in [-0.3, -0.25) is 0 Å². The monoisotopic (exact) mass is 249 g/mol. The predicted molar refractivity (Wildman–Crippen MR) is 61.4 cm³/mol. The molecule has 1 aromatic heterocycles. The standard InChI is InChI=1S/C9H15NO3S2/c1-3-15(12,13)10-7-9(2,11)8-5-4-6-14-8/h4-6,10-11H,3,7H2,1-2H3/t9-/m0/s1. The summed E-state index contributed by atoms with van der Waals surface area (Å²) in [6.07, 6.45) is 0. The molecule has 0 aliphatic rings. The summed E-state index contributed by atoms with van der Waals surface area (Å²) in [5, 5.41) is 11.9. The van der Waals surface area contributed by atoms with Gasteiger partial charge in [0.1, 0.15) is 5.60 Å². The van der Waals surface area contributed by atoms with E-state index in [9.17, 15) is 13.5 Å². The Bertz CT molecular complexity index is 395. The molecule has 4 nitrogen and oxygen atoms in total. The maximum atomic E-state index is 11.2. The van der Waals surface area contributed by atoms with Crippen molar-refractivity contribution in [1.29, 1.82) is 0 Å². The van der Waals surface area contributed by atoms with Gasteiger partial charge in [0, 0.05) is 11.4 Å². The Labute approximate surface area is 94.0 Å². The van der Waals surface area contributed by atoms with Crippen LogP contribution in [0, 0.1) is 0 Å². The lowest BCUT2D eigenvalue weighted by molar-refractivity contribution is 0.0666. The third-order valence-electron chi connectivity index (χ3n) is 2.07. The van der Waals surface area contributed by atoms with Crippen LogP contribution < -0.4 is 4.72 Å². The number of rotatable bonds is 5. The minimum Gasteiger partial charge on any atom is -0.383 e. The van der Waals surface area contributed by atoms with Crippen molar-refractivity contribution in [2.45, 2.75) is 19.4 Å². The molecule has 0 aliphatic heterocycles. The Hall–Kier alpha value is -0.430. The zero-order chi connectivity index (χ0) is 11.5. The van der Waals surface area contributed by atoms with E-state index in [1.807, 2.05) is 11.4 Å². The molecule has 1 heterocycles. The van der Waals surface area contributed by atoms with Crippen molar-refractivity contribution < 1.29 is 13.5 Å². The highest BCUT2D eigenvalue weighted by Gasteiger charge is 2.25. The average molecular weight is 249 g/mol. The third-order valence-corrected chi connectivity index (χ3v) is 4.54. The second-order valence-corrected chi connectivity index (χ2v) is 6.52. The lowest BCUT2D eigenvalue weighted by Gasteiger charge is -2.21. The van der Waals surface area contributed by atoms with Gasteiger partial charge in [-0.05, 0) is 25.3 Å². The number of hydrogen-bond acceptors (Lipinski definition) is 4. The second kappa shape index (κ2) is 4.61. The van der Waals surface area contributed by atoms with E-state index in [4.69, 9.17) is 0 Å². The number of aliphatic hydroxyl groups is 1. The second-order valence-electron chi connectivity index (χ2n) is 3.48. The van der Waals surface area contributed by atoms with Crippen LogP contribution in [0.3, 0.4) is 0 Å². The minimum absolute atomic E-state index is 0.00366. The van der Waals surface area contributed by atoms with Crippen LogP contribution in [0.5, 0.6) is 0 Å². The molecule has 0 aliphatic carbocycles. The first-order chi connectivity index (χ1) is 6.87. The zero-order valence-electron chi connectivity index (χ0n) is 8.73. The summed E-state index contributed by atoms with van der Waals surface area (Å²) in [5.41, 5.74) is -1.14. The molecule has 0 aromatic carbocycles. The third kappa shape index (κ3) is 3.57. The number of nitrogens with one attached hydrogen (secondary N) is 1. The molecule has 1 aromatic rings. The van der Waals surface area contributed by atoms with E-state index in [2.05, 4.69) is 4.72 Å². The van der Waals surface area contributed by atoms with Crippen LogP contribution in [0.2, 0.25) is 0 Å². The van der Waals surface area contributed by atoms with Crippen LogP contribution >= 0.6 is 11.3 Å². The summed E-state index contributed by atoms with van der Waals surface area (Å²) in [6, 6.07) is 3.60. The predicted octanol–water partition coefficient (Wildman–Crippen LogP) is 0.895. The van der Waals surface area contributed by atoms with Crippen LogP contribution in [0.4, 0.5) is 0 Å². The molecule has 6 heteroatoms. The van der Waals surface area contributed by atoms with Crippen molar-refractivity contribution >= 4 is 21.4 Å². The SMILES string of the molecule is CCS(=O)(=O)NC[C@](C)(O)c1cccs1. The van der Waals surface area contributed by atoms with Gasteiger partial charge in [-0.2, -0.15) is 0 Å². The molecule has 1 rings (SSSR count). The first kappa shape index (κ1) is 12.6.